The van der Waals surface area contributed by atoms with Gasteiger partial charge in [0.1, 0.15) is 0 Å². The summed E-state index contributed by atoms with van der Waals surface area (Å²) in [6, 6.07) is 0.0964. The Kier molecular flexibility index (Phi) is 4.22. The summed E-state index contributed by atoms with van der Waals surface area (Å²) in [5, 5.41) is 3.26. The number of likely N-dealkylation sites (tertiary alicyclic amines) is 1. The van der Waals surface area contributed by atoms with Gasteiger partial charge < -0.3 is 10.2 Å². The normalized spacial score (nSPS) is 22.1. The van der Waals surface area contributed by atoms with E-state index in [1.54, 1.807) is 0 Å². The first-order valence-electron chi connectivity index (χ1n) is 6.69. The van der Waals surface area contributed by atoms with Crippen LogP contribution in [0.5, 0.6) is 0 Å². The average molecular weight is 300 g/mol. The lowest BCUT2D eigenvalue weighted by atomic mass is 10.0. The summed E-state index contributed by atoms with van der Waals surface area (Å²) >= 11 is 0. The maximum Gasteiger partial charge on any atom is 0.463 e. The van der Waals surface area contributed by atoms with Gasteiger partial charge in [-0.25, -0.2) is 0 Å². The Labute approximate surface area is 113 Å². The summed E-state index contributed by atoms with van der Waals surface area (Å²) in [5.41, 5.74) is 0. The maximum atomic E-state index is 12.9. The Hall–Kier alpha value is -0.920. The number of nitrogens with zero attached hydrogens (tertiary/aromatic N) is 1. The molecule has 0 aromatic heterocycles. The number of nitrogens with one attached hydrogen (secondary N) is 1. The predicted molar refractivity (Wildman–Crippen MR) is 61.3 cm³/mol. The van der Waals surface area contributed by atoms with Crippen LogP contribution in [0.2, 0.25) is 0 Å². The smallest absolute Gasteiger partial charge is 0.337 e. The van der Waals surface area contributed by atoms with E-state index >= 15 is 0 Å². The third-order valence-corrected chi connectivity index (χ3v) is 3.80. The molecule has 1 heterocycles. The van der Waals surface area contributed by atoms with Gasteiger partial charge in [-0.05, 0) is 38.1 Å². The van der Waals surface area contributed by atoms with Gasteiger partial charge in [-0.15, -0.1) is 0 Å². The van der Waals surface area contributed by atoms with Crippen LogP contribution in [0.1, 0.15) is 25.7 Å². The fourth-order valence-corrected chi connectivity index (χ4v) is 2.26. The highest BCUT2D eigenvalue weighted by Crippen LogP contribution is 2.37. The highest BCUT2D eigenvalue weighted by molar-refractivity contribution is 5.84. The molecular formula is C12H17F5N2O. The summed E-state index contributed by atoms with van der Waals surface area (Å²) in [6.07, 6.45) is -2.64. The monoisotopic (exact) mass is 300 g/mol. The highest BCUT2D eigenvalue weighted by Gasteiger charge is 2.64. The van der Waals surface area contributed by atoms with E-state index in [0.29, 0.717) is 23.7 Å². The first-order chi connectivity index (χ1) is 9.22. The lowest BCUT2D eigenvalue weighted by Crippen LogP contribution is -2.55. The molecule has 1 N–H and O–H groups in total. The predicted octanol–water partition coefficient (Wildman–Crippen LogP) is 2.17. The Morgan fingerprint density at radius 3 is 2.05 bits per heavy atom. The summed E-state index contributed by atoms with van der Waals surface area (Å²) in [6.45, 7) is 0.733. The van der Waals surface area contributed by atoms with Gasteiger partial charge in [-0.1, -0.05) is 0 Å². The van der Waals surface area contributed by atoms with E-state index in [4.69, 9.17) is 0 Å². The van der Waals surface area contributed by atoms with Crippen LogP contribution in [-0.2, 0) is 4.79 Å². The van der Waals surface area contributed by atoms with E-state index in [9.17, 15) is 26.7 Å². The van der Waals surface area contributed by atoms with Crippen LogP contribution in [0.3, 0.4) is 0 Å². The van der Waals surface area contributed by atoms with Crippen LogP contribution < -0.4 is 5.32 Å². The lowest BCUT2D eigenvalue weighted by molar-refractivity contribution is -0.274. The molecule has 0 aromatic carbocycles. The SMILES string of the molecule is O=C(N1CCC(NCC2CC2)CC1)C(F)(F)C(F)(F)F. The van der Waals surface area contributed by atoms with Crippen molar-refractivity contribution in [2.75, 3.05) is 19.6 Å². The molecule has 0 bridgehead atoms. The molecule has 1 aliphatic carbocycles. The molecule has 0 spiro atoms. The molecule has 1 aliphatic heterocycles. The summed E-state index contributed by atoms with van der Waals surface area (Å²) in [4.78, 5) is 11.9. The van der Waals surface area contributed by atoms with Crippen molar-refractivity contribution in [1.29, 1.82) is 0 Å². The largest absolute Gasteiger partial charge is 0.463 e. The number of hydrogen-bond acceptors (Lipinski definition) is 2. The molecule has 2 aliphatic rings. The van der Waals surface area contributed by atoms with Gasteiger partial charge in [0.05, 0.1) is 0 Å². The van der Waals surface area contributed by atoms with Crippen molar-refractivity contribution in [3.05, 3.63) is 0 Å². The second-order valence-corrected chi connectivity index (χ2v) is 5.49. The standard InChI is InChI=1S/C12H17F5N2O/c13-11(14,12(15,16)17)10(20)19-5-3-9(4-6-19)18-7-8-1-2-8/h8-9,18H,1-7H2. The van der Waals surface area contributed by atoms with Gasteiger partial charge in [0.15, 0.2) is 0 Å². The van der Waals surface area contributed by atoms with E-state index in [2.05, 4.69) is 5.32 Å². The quantitative estimate of drug-likeness (QED) is 0.807. The fraction of sp³-hybridized carbons (Fsp3) is 0.917. The van der Waals surface area contributed by atoms with Crippen molar-refractivity contribution < 1.29 is 26.7 Å². The van der Waals surface area contributed by atoms with E-state index in [-0.39, 0.29) is 19.1 Å². The molecule has 2 rings (SSSR count). The van der Waals surface area contributed by atoms with E-state index in [1.165, 1.54) is 12.8 Å². The minimum atomic E-state index is -5.83. The molecule has 0 unspecified atom stereocenters. The number of rotatable bonds is 4. The van der Waals surface area contributed by atoms with Gasteiger partial charge >= 0.3 is 18.0 Å². The minimum Gasteiger partial charge on any atom is -0.337 e. The third-order valence-electron chi connectivity index (χ3n) is 3.80. The van der Waals surface area contributed by atoms with Crippen LogP contribution in [0.25, 0.3) is 0 Å². The van der Waals surface area contributed by atoms with Gasteiger partial charge in [-0.3, -0.25) is 4.79 Å². The van der Waals surface area contributed by atoms with Crippen molar-refractivity contribution in [2.24, 2.45) is 5.92 Å². The number of piperidine rings is 1. The lowest BCUT2D eigenvalue weighted by Gasteiger charge is -2.34. The average Bonchev–Trinajstić information content (AvgIpc) is 3.19. The number of carbonyl (C=O) groups is 1. The van der Waals surface area contributed by atoms with Gasteiger partial charge in [0.2, 0.25) is 0 Å². The number of alkyl halides is 5. The molecule has 0 aromatic rings. The molecule has 1 amide bonds. The van der Waals surface area contributed by atoms with E-state index < -0.39 is 18.0 Å². The van der Waals surface area contributed by atoms with Crippen molar-refractivity contribution in [3.8, 4) is 0 Å². The van der Waals surface area contributed by atoms with Crippen molar-refractivity contribution in [1.82, 2.24) is 10.2 Å². The van der Waals surface area contributed by atoms with E-state index in [0.717, 1.165) is 6.54 Å². The summed E-state index contributed by atoms with van der Waals surface area (Å²) < 4.78 is 62.2. The molecule has 3 nitrogen and oxygen atoms in total. The topological polar surface area (TPSA) is 32.3 Å². The number of halogens is 5. The second-order valence-electron chi connectivity index (χ2n) is 5.49. The molecule has 20 heavy (non-hydrogen) atoms. The molecule has 0 atom stereocenters. The number of amides is 1. The Morgan fingerprint density at radius 2 is 1.60 bits per heavy atom. The fourth-order valence-electron chi connectivity index (χ4n) is 2.26. The molecular weight excluding hydrogens is 283 g/mol. The summed E-state index contributed by atoms with van der Waals surface area (Å²) in [7, 11) is 0. The van der Waals surface area contributed by atoms with Crippen molar-refractivity contribution >= 4 is 5.91 Å². The van der Waals surface area contributed by atoms with Crippen LogP contribution >= 0.6 is 0 Å². The zero-order chi connectivity index (χ0) is 15.0. The molecule has 1 saturated heterocycles. The van der Waals surface area contributed by atoms with Gasteiger partial charge in [0.25, 0.3) is 0 Å². The molecule has 0 radical (unpaired) electrons. The second kappa shape index (κ2) is 5.46. The minimum absolute atomic E-state index is 0.0627. The van der Waals surface area contributed by atoms with Crippen LogP contribution in [-0.4, -0.2) is 48.6 Å². The first kappa shape index (κ1) is 15.5. The third kappa shape index (κ3) is 3.39. The van der Waals surface area contributed by atoms with Gasteiger partial charge in [-0.2, -0.15) is 22.0 Å². The number of carbonyl (C=O) groups excluding carboxylic acids is 1. The molecule has 2 fully saturated rings. The molecule has 1 saturated carbocycles. The highest BCUT2D eigenvalue weighted by atomic mass is 19.4. The first-order valence-corrected chi connectivity index (χ1v) is 6.69. The zero-order valence-electron chi connectivity index (χ0n) is 10.8. The van der Waals surface area contributed by atoms with Crippen LogP contribution in [0.15, 0.2) is 0 Å². The van der Waals surface area contributed by atoms with Gasteiger partial charge in [0, 0.05) is 19.1 Å². The van der Waals surface area contributed by atoms with Crippen molar-refractivity contribution in [2.45, 2.75) is 43.8 Å². The van der Waals surface area contributed by atoms with E-state index in [1.807, 2.05) is 0 Å². The Bertz CT molecular complexity index is 359. The summed E-state index contributed by atoms with van der Waals surface area (Å²) in [5.74, 6) is -6.75. The Morgan fingerprint density at radius 1 is 1.05 bits per heavy atom. The zero-order valence-corrected chi connectivity index (χ0v) is 10.8. The Balaban J connectivity index is 1.81. The van der Waals surface area contributed by atoms with Crippen LogP contribution in [0.4, 0.5) is 22.0 Å². The van der Waals surface area contributed by atoms with Crippen LogP contribution in [0, 0.1) is 5.92 Å². The molecule has 116 valence electrons. The van der Waals surface area contributed by atoms with Crippen molar-refractivity contribution in [3.63, 3.8) is 0 Å². The number of hydrogen-bond donors (Lipinski definition) is 1. The maximum absolute atomic E-state index is 12.9. The molecule has 8 heteroatoms.